The van der Waals surface area contributed by atoms with Gasteiger partial charge < -0.3 is 9.64 Å². The molecule has 98 valence electrons. The van der Waals surface area contributed by atoms with Crippen molar-refractivity contribution >= 4 is 11.6 Å². The van der Waals surface area contributed by atoms with E-state index in [0.29, 0.717) is 6.61 Å². The first kappa shape index (κ1) is 13.1. The summed E-state index contributed by atoms with van der Waals surface area (Å²) in [5, 5.41) is 0. The molecule has 3 heteroatoms. The maximum absolute atomic E-state index is 12.5. The number of fused-ring (bicyclic) bond motifs is 1. The highest BCUT2D eigenvalue weighted by Gasteiger charge is 2.43. The summed E-state index contributed by atoms with van der Waals surface area (Å²) in [5.41, 5.74) is 2.99. The number of anilines is 1. The van der Waals surface area contributed by atoms with E-state index in [-0.39, 0.29) is 5.91 Å². The number of aryl methyl sites for hydroxylation is 1. The molecule has 1 aliphatic rings. The van der Waals surface area contributed by atoms with Gasteiger partial charge in [-0.05, 0) is 44.4 Å². The standard InChI is InChI=1S/C15H21NO2/c1-11-6-7-12-13(10-11)16(8-5-9-18-4)14(17)15(12,2)3/h6-7,10H,5,8-9H2,1-4H3. The van der Waals surface area contributed by atoms with Crippen LogP contribution < -0.4 is 4.90 Å². The maximum Gasteiger partial charge on any atom is 0.237 e. The van der Waals surface area contributed by atoms with Crippen molar-refractivity contribution in [2.24, 2.45) is 0 Å². The van der Waals surface area contributed by atoms with E-state index in [1.165, 1.54) is 5.56 Å². The number of benzene rings is 1. The van der Waals surface area contributed by atoms with E-state index in [4.69, 9.17) is 4.74 Å². The minimum atomic E-state index is -0.407. The van der Waals surface area contributed by atoms with Crippen LogP contribution in [0.25, 0.3) is 0 Å². The van der Waals surface area contributed by atoms with E-state index in [0.717, 1.165) is 24.2 Å². The van der Waals surface area contributed by atoms with E-state index in [1.807, 2.05) is 18.7 Å². The molecule has 0 bridgehead atoms. The summed E-state index contributed by atoms with van der Waals surface area (Å²) in [6, 6.07) is 6.26. The zero-order valence-electron chi connectivity index (χ0n) is 11.6. The van der Waals surface area contributed by atoms with Gasteiger partial charge in [-0.15, -0.1) is 0 Å². The largest absolute Gasteiger partial charge is 0.385 e. The van der Waals surface area contributed by atoms with Crippen molar-refractivity contribution in [3.8, 4) is 0 Å². The second-order valence-electron chi connectivity index (χ2n) is 5.45. The summed E-state index contributed by atoms with van der Waals surface area (Å²) >= 11 is 0. The first-order valence-corrected chi connectivity index (χ1v) is 6.40. The number of rotatable bonds is 4. The lowest BCUT2D eigenvalue weighted by Crippen LogP contribution is -2.37. The number of amides is 1. The molecule has 1 aromatic carbocycles. The second-order valence-corrected chi connectivity index (χ2v) is 5.45. The number of nitrogens with zero attached hydrogens (tertiary/aromatic N) is 1. The van der Waals surface area contributed by atoms with E-state index in [1.54, 1.807) is 7.11 Å². The van der Waals surface area contributed by atoms with Crippen LogP contribution in [0.3, 0.4) is 0 Å². The van der Waals surface area contributed by atoms with Gasteiger partial charge in [0.15, 0.2) is 0 Å². The summed E-state index contributed by atoms with van der Waals surface area (Å²) < 4.78 is 5.06. The van der Waals surface area contributed by atoms with E-state index < -0.39 is 5.41 Å². The zero-order valence-corrected chi connectivity index (χ0v) is 11.6. The lowest BCUT2D eigenvalue weighted by molar-refractivity contribution is -0.122. The lowest BCUT2D eigenvalue weighted by atomic mass is 9.86. The van der Waals surface area contributed by atoms with Crippen molar-refractivity contribution in [2.45, 2.75) is 32.6 Å². The Kier molecular flexibility index (Phi) is 3.44. The molecule has 0 fully saturated rings. The Morgan fingerprint density at radius 3 is 2.72 bits per heavy atom. The van der Waals surface area contributed by atoms with Crippen LogP contribution in [0.15, 0.2) is 18.2 Å². The number of carbonyl (C=O) groups is 1. The number of hydrogen-bond donors (Lipinski definition) is 0. The molecule has 0 aliphatic carbocycles. The Morgan fingerprint density at radius 2 is 2.06 bits per heavy atom. The molecule has 0 saturated carbocycles. The first-order valence-electron chi connectivity index (χ1n) is 6.40. The smallest absolute Gasteiger partial charge is 0.237 e. The third-order valence-corrected chi connectivity index (χ3v) is 3.63. The highest BCUT2D eigenvalue weighted by molar-refractivity contribution is 6.07. The van der Waals surface area contributed by atoms with Crippen molar-refractivity contribution < 1.29 is 9.53 Å². The fourth-order valence-corrected chi connectivity index (χ4v) is 2.54. The molecule has 0 spiro atoms. The molecule has 0 aromatic heterocycles. The van der Waals surface area contributed by atoms with Crippen LogP contribution in [0.2, 0.25) is 0 Å². The molecule has 1 heterocycles. The molecule has 2 rings (SSSR count). The van der Waals surface area contributed by atoms with Crippen molar-refractivity contribution in [1.29, 1.82) is 0 Å². The quantitative estimate of drug-likeness (QED) is 0.766. The summed E-state index contributed by atoms with van der Waals surface area (Å²) in [5.74, 6) is 0.194. The Morgan fingerprint density at radius 1 is 1.33 bits per heavy atom. The molecule has 1 amide bonds. The van der Waals surface area contributed by atoms with Crippen LogP contribution in [0.4, 0.5) is 5.69 Å². The maximum atomic E-state index is 12.5. The van der Waals surface area contributed by atoms with Crippen molar-refractivity contribution in [3.63, 3.8) is 0 Å². The normalized spacial score (nSPS) is 17.1. The average molecular weight is 247 g/mol. The fraction of sp³-hybridized carbons (Fsp3) is 0.533. The molecule has 0 atom stereocenters. The Balaban J connectivity index is 2.33. The van der Waals surface area contributed by atoms with Crippen LogP contribution in [-0.2, 0) is 14.9 Å². The summed E-state index contributed by atoms with van der Waals surface area (Å²) in [7, 11) is 1.69. The minimum absolute atomic E-state index is 0.194. The minimum Gasteiger partial charge on any atom is -0.385 e. The van der Waals surface area contributed by atoms with Crippen LogP contribution >= 0.6 is 0 Å². The first-order chi connectivity index (χ1) is 8.48. The number of carbonyl (C=O) groups excluding carboxylic acids is 1. The summed E-state index contributed by atoms with van der Waals surface area (Å²) in [6.07, 6.45) is 0.867. The third-order valence-electron chi connectivity index (χ3n) is 3.63. The van der Waals surface area contributed by atoms with Gasteiger partial charge in [0, 0.05) is 25.9 Å². The van der Waals surface area contributed by atoms with Crippen LogP contribution in [0, 0.1) is 6.92 Å². The van der Waals surface area contributed by atoms with Gasteiger partial charge >= 0.3 is 0 Å². The molecule has 1 aromatic rings. The van der Waals surface area contributed by atoms with Gasteiger partial charge in [0.25, 0.3) is 0 Å². The van der Waals surface area contributed by atoms with Crippen molar-refractivity contribution in [1.82, 2.24) is 0 Å². The van der Waals surface area contributed by atoms with Gasteiger partial charge in [0.1, 0.15) is 0 Å². The molecule has 0 N–H and O–H groups in total. The van der Waals surface area contributed by atoms with Gasteiger partial charge in [0.05, 0.1) is 5.41 Å². The molecular weight excluding hydrogens is 226 g/mol. The van der Waals surface area contributed by atoms with Crippen LogP contribution in [0.1, 0.15) is 31.4 Å². The Labute approximate surface area is 109 Å². The second kappa shape index (κ2) is 4.73. The average Bonchev–Trinajstić information content (AvgIpc) is 2.50. The predicted molar refractivity (Wildman–Crippen MR) is 73.1 cm³/mol. The topological polar surface area (TPSA) is 29.5 Å². The van der Waals surface area contributed by atoms with Gasteiger partial charge in [-0.3, -0.25) is 4.79 Å². The number of methoxy groups -OCH3 is 1. The van der Waals surface area contributed by atoms with Crippen LogP contribution in [0.5, 0.6) is 0 Å². The molecule has 0 unspecified atom stereocenters. The monoisotopic (exact) mass is 247 g/mol. The van der Waals surface area contributed by atoms with Gasteiger partial charge in [0.2, 0.25) is 5.91 Å². The zero-order chi connectivity index (χ0) is 13.3. The van der Waals surface area contributed by atoms with E-state index in [2.05, 4.69) is 25.1 Å². The molecular formula is C15H21NO2. The highest BCUT2D eigenvalue weighted by atomic mass is 16.5. The highest BCUT2D eigenvalue weighted by Crippen LogP contribution is 2.41. The fourth-order valence-electron chi connectivity index (χ4n) is 2.54. The lowest BCUT2D eigenvalue weighted by Gasteiger charge is -2.20. The van der Waals surface area contributed by atoms with Crippen molar-refractivity contribution in [3.05, 3.63) is 29.3 Å². The van der Waals surface area contributed by atoms with Gasteiger partial charge in [-0.1, -0.05) is 12.1 Å². The number of hydrogen-bond acceptors (Lipinski definition) is 2. The molecule has 18 heavy (non-hydrogen) atoms. The molecule has 0 radical (unpaired) electrons. The number of ether oxygens (including phenoxy) is 1. The third kappa shape index (κ3) is 2.03. The van der Waals surface area contributed by atoms with Crippen molar-refractivity contribution in [2.75, 3.05) is 25.2 Å². The predicted octanol–water partition coefficient (Wildman–Crippen LogP) is 2.66. The summed E-state index contributed by atoms with van der Waals surface area (Å²) in [4.78, 5) is 14.4. The summed E-state index contributed by atoms with van der Waals surface area (Å²) in [6.45, 7) is 7.47. The molecule has 0 saturated heterocycles. The van der Waals surface area contributed by atoms with Gasteiger partial charge in [-0.25, -0.2) is 0 Å². The van der Waals surface area contributed by atoms with E-state index >= 15 is 0 Å². The Bertz CT molecular complexity index is 466. The van der Waals surface area contributed by atoms with Gasteiger partial charge in [-0.2, -0.15) is 0 Å². The Hall–Kier alpha value is -1.35. The van der Waals surface area contributed by atoms with E-state index in [9.17, 15) is 4.79 Å². The van der Waals surface area contributed by atoms with Crippen LogP contribution in [-0.4, -0.2) is 26.2 Å². The molecule has 1 aliphatic heterocycles. The molecule has 3 nitrogen and oxygen atoms in total. The SMILES string of the molecule is COCCCN1C(=O)C(C)(C)c2ccc(C)cc21.